The van der Waals surface area contributed by atoms with Crippen LogP contribution in [0.5, 0.6) is 0 Å². The predicted molar refractivity (Wildman–Crippen MR) is 104 cm³/mol. The van der Waals surface area contributed by atoms with E-state index in [2.05, 4.69) is 32.3 Å². The van der Waals surface area contributed by atoms with Gasteiger partial charge in [-0.05, 0) is 51.1 Å². The van der Waals surface area contributed by atoms with Crippen LogP contribution in [0.2, 0.25) is 0 Å². The first kappa shape index (κ1) is 17.6. The molecule has 1 aliphatic rings. The highest BCUT2D eigenvalue weighted by Gasteiger charge is 2.20. The summed E-state index contributed by atoms with van der Waals surface area (Å²) in [6.45, 7) is 4.86. The number of rotatable bonds is 5. The van der Waals surface area contributed by atoms with E-state index >= 15 is 0 Å². The number of aromatic nitrogens is 4. The molecule has 4 heterocycles. The van der Waals surface area contributed by atoms with Crippen LogP contribution in [0.1, 0.15) is 17.8 Å². The predicted octanol–water partition coefficient (Wildman–Crippen LogP) is 1.73. The van der Waals surface area contributed by atoms with Crippen molar-refractivity contribution in [3.63, 3.8) is 0 Å². The molecule has 1 fully saturated rings. The molecule has 0 unspecified atom stereocenters. The summed E-state index contributed by atoms with van der Waals surface area (Å²) in [5.74, 6) is 0.574. The molecule has 0 aliphatic carbocycles. The van der Waals surface area contributed by atoms with Crippen LogP contribution in [0.25, 0.3) is 16.6 Å². The molecule has 7 heteroatoms. The number of fused-ring (bicyclic) bond motifs is 1. The Morgan fingerprint density at radius 1 is 1.30 bits per heavy atom. The topological polar surface area (TPSA) is 75.9 Å². The molecule has 3 aromatic heterocycles. The van der Waals surface area contributed by atoms with Gasteiger partial charge >= 0.3 is 0 Å². The molecule has 3 aromatic rings. The van der Waals surface area contributed by atoms with Crippen LogP contribution in [-0.4, -0.2) is 57.2 Å². The minimum atomic E-state index is 0.0218. The van der Waals surface area contributed by atoms with Crippen molar-refractivity contribution >= 4 is 16.8 Å². The van der Waals surface area contributed by atoms with E-state index in [0.717, 1.165) is 54.0 Å². The Labute approximate surface area is 158 Å². The van der Waals surface area contributed by atoms with Gasteiger partial charge in [-0.2, -0.15) is 5.10 Å². The van der Waals surface area contributed by atoms with Gasteiger partial charge in [-0.1, -0.05) is 0 Å². The van der Waals surface area contributed by atoms with Crippen molar-refractivity contribution in [2.24, 2.45) is 5.92 Å². The Kier molecular flexibility index (Phi) is 4.85. The SMILES string of the molecule is Cc1cc(-n2ncc3cc(CC(=O)NC[C@H]4CCN(C)C4)ncc32)ccn1. The standard InChI is InChI=1S/C20H24N6O/c1-14-7-18(3-5-21-14)26-19-12-22-17(8-16(19)11-24-26)9-20(27)23-10-15-4-6-25(2)13-15/h3,5,7-8,11-12,15H,4,6,9-10,13H2,1-2H3,(H,23,27)/t15-/m1/s1. The zero-order valence-electron chi connectivity index (χ0n) is 15.7. The highest BCUT2D eigenvalue weighted by molar-refractivity contribution is 5.82. The lowest BCUT2D eigenvalue weighted by Crippen LogP contribution is -2.31. The number of hydrogen-bond acceptors (Lipinski definition) is 5. The maximum atomic E-state index is 12.3. The molecular weight excluding hydrogens is 340 g/mol. The van der Waals surface area contributed by atoms with Crippen molar-refractivity contribution in [1.29, 1.82) is 0 Å². The van der Waals surface area contributed by atoms with E-state index in [1.807, 2.05) is 36.0 Å². The van der Waals surface area contributed by atoms with Crippen LogP contribution in [0.3, 0.4) is 0 Å². The van der Waals surface area contributed by atoms with Crippen molar-refractivity contribution in [1.82, 2.24) is 30.0 Å². The molecule has 0 radical (unpaired) electrons. The molecular formula is C20H24N6O. The van der Waals surface area contributed by atoms with E-state index in [4.69, 9.17) is 0 Å². The molecule has 0 aromatic carbocycles. The summed E-state index contributed by atoms with van der Waals surface area (Å²) in [5, 5.41) is 8.48. The number of amides is 1. The maximum Gasteiger partial charge on any atom is 0.226 e. The number of carbonyl (C=O) groups is 1. The molecule has 0 spiro atoms. The van der Waals surface area contributed by atoms with Gasteiger partial charge in [0.05, 0.1) is 35.7 Å². The lowest BCUT2D eigenvalue weighted by molar-refractivity contribution is -0.120. The fraction of sp³-hybridized carbons (Fsp3) is 0.400. The third kappa shape index (κ3) is 3.98. The molecule has 1 atom stereocenters. The van der Waals surface area contributed by atoms with E-state index in [9.17, 15) is 4.79 Å². The monoisotopic (exact) mass is 364 g/mol. The molecule has 1 saturated heterocycles. The van der Waals surface area contributed by atoms with E-state index in [-0.39, 0.29) is 12.3 Å². The van der Waals surface area contributed by atoms with Crippen LogP contribution in [-0.2, 0) is 11.2 Å². The number of hydrogen-bond donors (Lipinski definition) is 1. The molecule has 0 bridgehead atoms. The fourth-order valence-electron chi connectivity index (χ4n) is 3.61. The summed E-state index contributed by atoms with van der Waals surface area (Å²) >= 11 is 0. The highest BCUT2D eigenvalue weighted by Crippen LogP contribution is 2.19. The molecule has 1 amide bonds. The number of carbonyl (C=O) groups excluding carboxylic acids is 1. The summed E-state index contributed by atoms with van der Waals surface area (Å²) in [5.41, 5.74) is 3.56. The van der Waals surface area contributed by atoms with Gasteiger partial charge in [-0.15, -0.1) is 0 Å². The van der Waals surface area contributed by atoms with Crippen LogP contribution in [0, 0.1) is 12.8 Å². The van der Waals surface area contributed by atoms with Gasteiger partial charge in [-0.3, -0.25) is 14.8 Å². The van der Waals surface area contributed by atoms with Crippen LogP contribution in [0.15, 0.2) is 36.8 Å². The second kappa shape index (κ2) is 7.44. The highest BCUT2D eigenvalue weighted by atomic mass is 16.1. The lowest BCUT2D eigenvalue weighted by Gasteiger charge is -2.11. The van der Waals surface area contributed by atoms with Gasteiger partial charge in [0.1, 0.15) is 0 Å². The third-order valence-electron chi connectivity index (χ3n) is 5.05. The van der Waals surface area contributed by atoms with Gasteiger partial charge in [0.15, 0.2) is 0 Å². The van der Waals surface area contributed by atoms with Gasteiger partial charge in [0.25, 0.3) is 0 Å². The minimum Gasteiger partial charge on any atom is -0.355 e. The zero-order chi connectivity index (χ0) is 18.8. The van der Waals surface area contributed by atoms with Crippen molar-refractivity contribution in [3.8, 4) is 5.69 Å². The second-order valence-corrected chi connectivity index (χ2v) is 7.34. The molecule has 7 nitrogen and oxygen atoms in total. The summed E-state index contributed by atoms with van der Waals surface area (Å²) in [6, 6.07) is 5.84. The molecule has 1 aliphatic heterocycles. The smallest absolute Gasteiger partial charge is 0.226 e. The fourth-order valence-corrected chi connectivity index (χ4v) is 3.61. The van der Waals surface area contributed by atoms with Crippen molar-refractivity contribution in [3.05, 3.63) is 48.2 Å². The summed E-state index contributed by atoms with van der Waals surface area (Å²) < 4.78 is 1.84. The molecule has 1 N–H and O–H groups in total. The van der Waals surface area contributed by atoms with Gasteiger partial charge in [-0.25, -0.2) is 4.68 Å². The van der Waals surface area contributed by atoms with Crippen molar-refractivity contribution < 1.29 is 4.79 Å². The van der Waals surface area contributed by atoms with Gasteiger partial charge < -0.3 is 10.2 Å². The summed E-state index contributed by atoms with van der Waals surface area (Å²) in [4.78, 5) is 23.3. The molecule has 140 valence electrons. The summed E-state index contributed by atoms with van der Waals surface area (Å²) in [6.07, 6.45) is 6.80. The van der Waals surface area contributed by atoms with E-state index in [1.54, 1.807) is 12.4 Å². The Morgan fingerprint density at radius 2 is 2.19 bits per heavy atom. The van der Waals surface area contributed by atoms with E-state index < -0.39 is 0 Å². The first-order valence-corrected chi connectivity index (χ1v) is 9.29. The van der Waals surface area contributed by atoms with Crippen LogP contribution < -0.4 is 5.32 Å². The first-order chi connectivity index (χ1) is 13.1. The molecule has 27 heavy (non-hydrogen) atoms. The molecule has 4 rings (SSSR count). The second-order valence-electron chi connectivity index (χ2n) is 7.34. The van der Waals surface area contributed by atoms with Crippen molar-refractivity contribution in [2.45, 2.75) is 19.8 Å². The average Bonchev–Trinajstić information content (AvgIpc) is 3.25. The number of pyridine rings is 2. The summed E-state index contributed by atoms with van der Waals surface area (Å²) in [7, 11) is 2.12. The van der Waals surface area contributed by atoms with Crippen LogP contribution >= 0.6 is 0 Å². The number of aryl methyl sites for hydroxylation is 1. The Hall–Kier alpha value is -2.80. The number of nitrogens with zero attached hydrogens (tertiary/aromatic N) is 5. The van der Waals surface area contributed by atoms with E-state index in [0.29, 0.717) is 5.92 Å². The lowest BCUT2D eigenvalue weighted by atomic mass is 10.1. The van der Waals surface area contributed by atoms with Gasteiger partial charge in [0, 0.05) is 30.4 Å². The first-order valence-electron chi connectivity index (χ1n) is 9.29. The Bertz CT molecular complexity index is 966. The zero-order valence-corrected chi connectivity index (χ0v) is 15.7. The van der Waals surface area contributed by atoms with E-state index in [1.165, 1.54) is 0 Å². The number of nitrogens with one attached hydrogen (secondary N) is 1. The Morgan fingerprint density at radius 3 is 2.96 bits per heavy atom. The largest absolute Gasteiger partial charge is 0.355 e. The maximum absolute atomic E-state index is 12.3. The normalized spacial score (nSPS) is 17.5. The number of likely N-dealkylation sites (tertiary alicyclic amines) is 1. The van der Waals surface area contributed by atoms with Gasteiger partial charge in [0.2, 0.25) is 5.91 Å². The quantitative estimate of drug-likeness (QED) is 0.746. The van der Waals surface area contributed by atoms with Crippen molar-refractivity contribution in [2.75, 3.05) is 26.7 Å². The molecule has 0 saturated carbocycles. The minimum absolute atomic E-state index is 0.0218. The average molecular weight is 364 g/mol. The van der Waals surface area contributed by atoms with Crippen LogP contribution in [0.4, 0.5) is 0 Å². The Balaban J connectivity index is 1.44. The third-order valence-corrected chi connectivity index (χ3v) is 5.05.